The molecule has 2 aliphatic rings. The van der Waals surface area contributed by atoms with Gasteiger partial charge in [0, 0.05) is 31.6 Å². The van der Waals surface area contributed by atoms with Crippen LogP contribution in [0.15, 0.2) is 24.3 Å². The van der Waals surface area contributed by atoms with E-state index >= 15 is 0 Å². The second-order valence-electron chi connectivity index (χ2n) is 6.13. The Balaban J connectivity index is 1.43. The molecule has 5 nitrogen and oxygen atoms in total. The van der Waals surface area contributed by atoms with E-state index in [9.17, 15) is 4.79 Å². The van der Waals surface area contributed by atoms with Gasteiger partial charge in [-0.2, -0.15) is 0 Å². The number of nitrogens with one attached hydrogen (secondary N) is 2. The summed E-state index contributed by atoms with van der Waals surface area (Å²) >= 11 is 0. The third-order valence-electron chi connectivity index (χ3n) is 4.37. The van der Waals surface area contributed by atoms with Crippen LogP contribution in [0.4, 0.5) is 10.5 Å². The molecule has 2 atom stereocenters. The summed E-state index contributed by atoms with van der Waals surface area (Å²) in [5, 5.41) is 6.47. The number of nitrogens with zero attached hydrogens (tertiary/aromatic N) is 1. The normalized spacial score (nSPS) is 24.4. The number of rotatable bonds is 5. The second kappa shape index (κ2) is 5.93. The summed E-state index contributed by atoms with van der Waals surface area (Å²) in [7, 11) is 1.61. The smallest absolute Gasteiger partial charge is 0.321 e. The topological polar surface area (TPSA) is 53.6 Å². The number of carbonyl (C=O) groups excluding carboxylic acids is 1. The molecule has 1 aromatic rings. The average molecular weight is 289 g/mol. The summed E-state index contributed by atoms with van der Waals surface area (Å²) in [5.41, 5.74) is 0.721. The third kappa shape index (κ3) is 3.29. The molecule has 2 amide bonds. The van der Waals surface area contributed by atoms with Crippen molar-refractivity contribution in [1.29, 1.82) is 0 Å². The number of amides is 2. The minimum atomic E-state index is -0.0458. The number of anilines is 1. The first-order chi connectivity index (χ1) is 10.2. The molecular formula is C16H23N3O2. The standard InChI is InChI=1S/C16H23N3O2/c1-11-7-14(11)17-8-12-9-19(10-12)16(20)18-13-5-3-4-6-15(13)21-2/h3-6,11-12,14,17H,7-10H2,1-2H3,(H,18,20)/t11-,14?/m0/s1. The van der Waals surface area contributed by atoms with Crippen molar-refractivity contribution in [1.82, 2.24) is 10.2 Å². The minimum Gasteiger partial charge on any atom is -0.495 e. The lowest BCUT2D eigenvalue weighted by Gasteiger charge is -2.39. The third-order valence-corrected chi connectivity index (χ3v) is 4.37. The maximum Gasteiger partial charge on any atom is 0.321 e. The van der Waals surface area contributed by atoms with Crippen LogP contribution in [0.3, 0.4) is 0 Å². The fourth-order valence-corrected chi connectivity index (χ4v) is 2.73. The largest absolute Gasteiger partial charge is 0.495 e. The molecule has 114 valence electrons. The fraction of sp³-hybridized carbons (Fsp3) is 0.562. The fourth-order valence-electron chi connectivity index (χ4n) is 2.73. The van der Waals surface area contributed by atoms with Gasteiger partial charge in [-0.1, -0.05) is 19.1 Å². The van der Waals surface area contributed by atoms with Crippen molar-refractivity contribution in [3.05, 3.63) is 24.3 Å². The van der Waals surface area contributed by atoms with Crippen molar-refractivity contribution in [3.8, 4) is 5.75 Å². The van der Waals surface area contributed by atoms with Crippen LogP contribution in [-0.2, 0) is 0 Å². The van der Waals surface area contributed by atoms with Gasteiger partial charge in [0.15, 0.2) is 0 Å². The van der Waals surface area contributed by atoms with E-state index in [2.05, 4.69) is 17.6 Å². The van der Waals surface area contributed by atoms with Crippen LogP contribution in [0.5, 0.6) is 5.75 Å². The van der Waals surface area contributed by atoms with Gasteiger partial charge in [-0.05, 0) is 24.5 Å². The molecular weight excluding hydrogens is 266 g/mol. The zero-order valence-electron chi connectivity index (χ0n) is 12.6. The van der Waals surface area contributed by atoms with Crippen molar-refractivity contribution in [3.63, 3.8) is 0 Å². The van der Waals surface area contributed by atoms with E-state index in [4.69, 9.17) is 4.74 Å². The number of benzene rings is 1. The molecule has 2 N–H and O–H groups in total. The highest BCUT2D eigenvalue weighted by atomic mass is 16.5. The van der Waals surface area contributed by atoms with Crippen LogP contribution in [-0.4, -0.2) is 43.7 Å². The molecule has 0 spiro atoms. The summed E-state index contributed by atoms with van der Waals surface area (Å²) < 4.78 is 5.24. The Hall–Kier alpha value is -1.75. The lowest BCUT2D eigenvalue weighted by Crippen LogP contribution is -2.54. The number of hydrogen-bond acceptors (Lipinski definition) is 3. The number of methoxy groups -OCH3 is 1. The van der Waals surface area contributed by atoms with Gasteiger partial charge >= 0.3 is 6.03 Å². The molecule has 5 heteroatoms. The van der Waals surface area contributed by atoms with E-state index in [1.165, 1.54) is 6.42 Å². The Morgan fingerprint density at radius 3 is 2.76 bits per heavy atom. The zero-order valence-corrected chi connectivity index (χ0v) is 12.6. The molecule has 1 saturated carbocycles. The molecule has 1 heterocycles. The van der Waals surface area contributed by atoms with Crippen LogP contribution in [0.2, 0.25) is 0 Å². The predicted octanol–water partition coefficient (Wildman–Crippen LogP) is 2.16. The van der Waals surface area contributed by atoms with Gasteiger partial charge < -0.3 is 20.3 Å². The first-order valence-corrected chi connectivity index (χ1v) is 7.59. The quantitative estimate of drug-likeness (QED) is 0.873. The predicted molar refractivity (Wildman–Crippen MR) is 82.6 cm³/mol. The summed E-state index contributed by atoms with van der Waals surface area (Å²) in [6.07, 6.45) is 1.30. The number of para-hydroxylation sites is 2. The maximum atomic E-state index is 12.1. The summed E-state index contributed by atoms with van der Waals surface area (Å²) in [6, 6.07) is 8.13. The summed E-state index contributed by atoms with van der Waals surface area (Å²) in [4.78, 5) is 14.0. The molecule has 1 unspecified atom stereocenters. The molecule has 0 aromatic heterocycles. The number of ether oxygens (including phenoxy) is 1. The van der Waals surface area contributed by atoms with Gasteiger partial charge in [0.1, 0.15) is 5.75 Å². The van der Waals surface area contributed by atoms with Gasteiger partial charge in [0.05, 0.1) is 12.8 Å². The molecule has 1 aliphatic heterocycles. The van der Waals surface area contributed by atoms with Crippen molar-refractivity contribution in [2.75, 3.05) is 32.1 Å². The highest BCUT2D eigenvalue weighted by Crippen LogP contribution is 2.30. The minimum absolute atomic E-state index is 0.0458. The summed E-state index contributed by atoms with van der Waals surface area (Å²) in [5.74, 6) is 2.10. The Labute approximate surface area is 125 Å². The molecule has 3 rings (SSSR count). The zero-order chi connectivity index (χ0) is 14.8. The van der Waals surface area contributed by atoms with E-state index in [-0.39, 0.29) is 6.03 Å². The van der Waals surface area contributed by atoms with Crippen LogP contribution >= 0.6 is 0 Å². The molecule has 2 fully saturated rings. The lowest BCUT2D eigenvalue weighted by molar-refractivity contribution is 0.129. The first-order valence-electron chi connectivity index (χ1n) is 7.59. The highest BCUT2D eigenvalue weighted by Gasteiger charge is 2.35. The van der Waals surface area contributed by atoms with Crippen molar-refractivity contribution < 1.29 is 9.53 Å². The van der Waals surface area contributed by atoms with Crippen LogP contribution in [0.1, 0.15) is 13.3 Å². The molecule has 0 radical (unpaired) electrons. The van der Waals surface area contributed by atoms with Gasteiger partial charge in [-0.25, -0.2) is 4.79 Å². The number of urea groups is 1. The van der Waals surface area contributed by atoms with E-state index in [1.807, 2.05) is 29.2 Å². The van der Waals surface area contributed by atoms with Crippen LogP contribution in [0.25, 0.3) is 0 Å². The molecule has 1 aromatic carbocycles. The Morgan fingerprint density at radius 2 is 2.10 bits per heavy atom. The summed E-state index contributed by atoms with van der Waals surface area (Å²) in [6.45, 7) is 4.95. The Kier molecular flexibility index (Phi) is 4.01. The van der Waals surface area contributed by atoms with E-state index in [1.54, 1.807) is 7.11 Å². The molecule has 1 saturated heterocycles. The molecule has 1 aliphatic carbocycles. The van der Waals surface area contributed by atoms with E-state index in [0.717, 1.165) is 31.2 Å². The lowest BCUT2D eigenvalue weighted by atomic mass is 10.0. The van der Waals surface area contributed by atoms with Gasteiger partial charge in [-0.15, -0.1) is 0 Å². The van der Waals surface area contributed by atoms with Crippen molar-refractivity contribution >= 4 is 11.7 Å². The first kappa shape index (κ1) is 14.2. The van der Waals surface area contributed by atoms with Crippen LogP contribution in [0, 0.1) is 11.8 Å². The van der Waals surface area contributed by atoms with E-state index in [0.29, 0.717) is 17.7 Å². The molecule has 0 bridgehead atoms. The highest BCUT2D eigenvalue weighted by molar-refractivity contribution is 5.91. The van der Waals surface area contributed by atoms with Gasteiger partial charge in [0.2, 0.25) is 0 Å². The van der Waals surface area contributed by atoms with Crippen molar-refractivity contribution in [2.45, 2.75) is 19.4 Å². The average Bonchev–Trinajstić information content (AvgIpc) is 3.13. The van der Waals surface area contributed by atoms with Crippen LogP contribution < -0.4 is 15.4 Å². The molecule has 21 heavy (non-hydrogen) atoms. The second-order valence-corrected chi connectivity index (χ2v) is 6.13. The monoisotopic (exact) mass is 289 g/mol. The Morgan fingerprint density at radius 1 is 1.38 bits per heavy atom. The number of hydrogen-bond donors (Lipinski definition) is 2. The maximum absolute atomic E-state index is 12.1. The van der Waals surface area contributed by atoms with E-state index < -0.39 is 0 Å². The Bertz CT molecular complexity index is 514. The number of likely N-dealkylation sites (tertiary alicyclic amines) is 1. The van der Waals surface area contributed by atoms with Gasteiger partial charge in [0.25, 0.3) is 0 Å². The van der Waals surface area contributed by atoms with Crippen molar-refractivity contribution in [2.24, 2.45) is 11.8 Å². The number of carbonyl (C=O) groups is 1. The SMILES string of the molecule is COc1ccccc1NC(=O)N1CC(CNC2C[C@@H]2C)C1. The van der Waals surface area contributed by atoms with Gasteiger partial charge in [-0.3, -0.25) is 0 Å².